The molecule has 90 valence electrons. The Bertz CT molecular complexity index is 261. The third-order valence-electron chi connectivity index (χ3n) is 2.80. The summed E-state index contributed by atoms with van der Waals surface area (Å²) in [5, 5.41) is 0. The molecule has 0 saturated heterocycles. The molecule has 0 unspecified atom stereocenters. The van der Waals surface area contributed by atoms with Crippen molar-refractivity contribution >= 4 is 11.6 Å². The van der Waals surface area contributed by atoms with Crippen LogP contribution >= 0.6 is 11.6 Å². The molecule has 0 fully saturated rings. The van der Waals surface area contributed by atoms with E-state index in [0.29, 0.717) is 0 Å². The van der Waals surface area contributed by atoms with Gasteiger partial charge in [-0.3, -0.25) is 4.90 Å². The molecule has 2 heteroatoms. The first-order chi connectivity index (χ1) is 7.86. The van der Waals surface area contributed by atoms with Crippen LogP contribution in [0.3, 0.4) is 0 Å². The lowest BCUT2D eigenvalue weighted by Crippen LogP contribution is -2.23. The first kappa shape index (κ1) is 13.5. The predicted octanol–water partition coefficient (Wildman–Crippen LogP) is 3.92. The molecule has 0 N–H and O–H groups in total. The zero-order valence-electron chi connectivity index (χ0n) is 10.2. The summed E-state index contributed by atoms with van der Waals surface area (Å²) in [6, 6.07) is 10.7. The molecule has 1 rings (SSSR count). The number of benzene rings is 1. The van der Waals surface area contributed by atoms with Crippen LogP contribution in [0.15, 0.2) is 30.3 Å². The second kappa shape index (κ2) is 8.60. The molecule has 0 bridgehead atoms. The van der Waals surface area contributed by atoms with Gasteiger partial charge in [0.1, 0.15) is 0 Å². The maximum atomic E-state index is 5.67. The fourth-order valence-electron chi connectivity index (χ4n) is 1.80. The lowest BCUT2D eigenvalue weighted by Gasteiger charge is -2.20. The van der Waals surface area contributed by atoms with Gasteiger partial charge in [-0.15, -0.1) is 11.6 Å². The van der Waals surface area contributed by atoms with Gasteiger partial charge in [0.15, 0.2) is 0 Å². The van der Waals surface area contributed by atoms with Crippen LogP contribution in [-0.4, -0.2) is 23.9 Å². The Morgan fingerprint density at radius 2 is 1.81 bits per heavy atom. The van der Waals surface area contributed by atoms with Crippen molar-refractivity contribution < 1.29 is 0 Å². The quantitative estimate of drug-likeness (QED) is 0.491. The molecule has 0 heterocycles. The molecule has 0 aliphatic heterocycles. The number of hydrogen-bond donors (Lipinski definition) is 0. The molecule has 0 aliphatic rings. The summed E-state index contributed by atoms with van der Waals surface area (Å²) in [6.07, 6.45) is 3.65. The van der Waals surface area contributed by atoms with Gasteiger partial charge in [-0.2, -0.15) is 0 Å². The average molecular weight is 240 g/mol. The number of nitrogens with zero attached hydrogens (tertiary/aromatic N) is 1. The van der Waals surface area contributed by atoms with Gasteiger partial charge in [0.25, 0.3) is 0 Å². The molecule has 1 aromatic carbocycles. The summed E-state index contributed by atoms with van der Waals surface area (Å²) in [5.74, 6) is 0.796. The zero-order chi connectivity index (χ0) is 11.6. The van der Waals surface area contributed by atoms with Crippen molar-refractivity contribution in [3.8, 4) is 0 Å². The van der Waals surface area contributed by atoms with E-state index in [1.165, 1.54) is 24.9 Å². The van der Waals surface area contributed by atoms with E-state index in [1.54, 1.807) is 0 Å². The molecule has 0 spiro atoms. The Hall–Kier alpha value is -0.530. The van der Waals surface area contributed by atoms with Crippen LogP contribution in [0.25, 0.3) is 0 Å². The Morgan fingerprint density at radius 3 is 2.44 bits per heavy atom. The minimum atomic E-state index is 0.796. The minimum Gasteiger partial charge on any atom is -0.299 e. The molecule has 0 radical (unpaired) electrons. The summed E-state index contributed by atoms with van der Waals surface area (Å²) in [4.78, 5) is 2.49. The van der Waals surface area contributed by atoms with Crippen LogP contribution < -0.4 is 0 Å². The molecule has 0 aliphatic carbocycles. The minimum absolute atomic E-state index is 0.796. The number of unbranched alkanes of at least 4 members (excludes halogenated alkanes) is 2. The number of halogens is 1. The maximum absolute atomic E-state index is 5.67. The van der Waals surface area contributed by atoms with Crippen molar-refractivity contribution in [2.24, 2.45) is 0 Å². The van der Waals surface area contributed by atoms with E-state index in [9.17, 15) is 0 Å². The lowest BCUT2D eigenvalue weighted by atomic mass is 10.2. The number of rotatable bonds is 8. The molecular weight excluding hydrogens is 218 g/mol. The van der Waals surface area contributed by atoms with Crippen LogP contribution in [0.1, 0.15) is 31.7 Å². The summed E-state index contributed by atoms with van der Waals surface area (Å²) in [5.41, 5.74) is 1.40. The zero-order valence-corrected chi connectivity index (χ0v) is 10.9. The highest BCUT2D eigenvalue weighted by atomic mass is 35.5. The molecule has 16 heavy (non-hydrogen) atoms. The van der Waals surface area contributed by atoms with Crippen LogP contribution in [0.5, 0.6) is 0 Å². The highest BCUT2D eigenvalue weighted by Gasteiger charge is 2.02. The van der Waals surface area contributed by atoms with Gasteiger partial charge >= 0.3 is 0 Å². The van der Waals surface area contributed by atoms with Gasteiger partial charge in [0.05, 0.1) is 0 Å². The van der Waals surface area contributed by atoms with Crippen molar-refractivity contribution in [2.75, 3.05) is 19.0 Å². The van der Waals surface area contributed by atoms with Gasteiger partial charge in [-0.25, -0.2) is 0 Å². The maximum Gasteiger partial charge on any atom is 0.0233 e. The SMILES string of the molecule is CCN(CCCCCCl)Cc1ccccc1. The Balaban J connectivity index is 2.26. The molecule has 1 aromatic rings. The van der Waals surface area contributed by atoms with E-state index in [-0.39, 0.29) is 0 Å². The standard InChI is InChI=1S/C14H22ClN/c1-2-16(12-8-4-7-11-15)13-14-9-5-3-6-10-14/h3,5-6,9-10H,2,4,7-8,11-13H2,1H3. The monoisotopic (exact) mass is 239 g/mol. The topological polar surface area (TPSA) is 3.24 Å². The van der Waals surface area contributed by atoms with Crippen molar-refractivity contribution in [1.82, 2.24) is 4.90 Å². The van der Waals surface area contributed by atoms with Gasteiger partial charge < -0.3 is 0 Å². The van der Waals surface area contributed by atoms with E-state index in [2.05, 4.69) is 42.2 Å². The number of hydrogen-bond acceptors (Lipinski definition) is 1. The first-order valence-corrected chi connectivity index (χ1v) is 6.72. The van der Waals surface area contributed by atoms with Crippen LogP contribution in [-0.2, 0) is 6.54 Å². The van der Waals surface area contributed by atoms with Gasteiger partial charge in [0.2, 0.25) is 0 Å². The first-order valence-electron chi connectivity index (χ1n) is 6.19. The molecule has 0 saturated carbocycles. The Morgan fingerprint density at radius 1 is 1.06 bits per heavy atom. The normalized spacial score (nSPS) is 10.9. The molecule has 0 aromatic heterocycles. The number of alkyl halides is 1. The summed E-state index contributed by atoms with van der Waals surface area (Å²) in [6.45, 7) is 5.60. The van der Waals surface area contributed by atoms with Crippen molar-refractivity contribution in [2.45, 2.75) is 32.7 Å². The molecule has 1 nitrogen and oxygen atoms in total. The van der Waals surface area contributed by atoms with Crippen molar-refractivity contribution in [3.63, 3.8) is 0 Å². The van der Waals surface area contributed by atoms with E-state index in [1.807, 2.05) is 0 Å². The summed E-state index contributed by atoms with van der Waals surface area (Å²) in [7, 11) is 0. The van der Waals surface area contributed by atoms with Crippen molar-refractivity contribution in [3.05, 3.63) is 35.9 Å². The van der Waals surface area contributed by atoms with Gasteiger partial charge in [-0.1, -0.05) is 43.7 Å². The third-order valence-corrected chi connectivity index (χ3v) is 3.07. The second-order valence-corrected chi connectivity index (χ2v) is 4.48. The Labute approximate surface area is 104 Å². The van der Waals surface area contributed by atoms with E-state index in [4.69, 9.17) is 11.6 Å². The molecular formula is C14H22ClN. The summed E-state index contributed by atoms with van der Waals surface area (Å²) >= 11 is 5.67. The smallest absolute Gasteiger partial charge is 0.0233 e. The van der Waals surface area contributed by atoms with Crippen LogP contribution in [0.4, 0.5) is 0 Å². The fraction of sp³-hybridized carbons (Fsp3) is 0.571. The lowest BCUT2D eigenvalue weighted by molar-refractivity contribution is 0.273. The van der Waals surface area contributed by atoms with Crippen LogP contribution in [0.2, 0.25) is 0 Å². The van der Waals surface area contributed by atoms with Gasteiger partial charge in [0, 0.05) is 12.4 Å². The Kier molecular flexibility index (Phi) is 7.28. The highest BCUT2D eigenvalue weighted by molar-refractivity contribution is 6.17. The van der Waals surface area contributed by atoms with Gasteiger partial charge in [-0.05, 0) is 31.5 Å². The second-order valence-electron chi connectivity index (χ2n) is 4.10. The largest absolute Gasteiger partial charge is 0.299 e. The average Bonchev–Trinajstić information content (AvgIpc) is 2.34. The van der Waals surface area contributed by atoms with E-state index >= 15 is 0 Å². The highest BCUT2D eigenvalue weighted by Crippen LogP contribution is 2.06. The fourth-order valence-corrected chi connectivity index (χ4v) is 1.99. The molecule has 0 atom stereocenters. The molecule has 0 amide bonds. The predicted molar refractivity (Wildman–Crippen MR) is 72.0 cm³/mol. The van der Waals surface area contributed by atoms with E-state index < -0.39 is 0 Å². The van der Waals surface area contributed by atoms with Crippen molar-refractivity contribution in [1.29, 1.82) is 0 Å². The van der Waals surface area contributed by atoms with Crippen LogP contribution in [0, 0.1) is 0 Å². The van der Waals surface area contributed by atoms with E-state index in [0.717, 1.165) is 25.4 Å². The third kappa shape index (κ3) is 5.53. The summed E-state index contributed by atoms with van der Waals surface area (Å²) < 4.78 is 0.